The van der Waals surface area contributed by atoms with Crippen LogP contribution in [0.4, 0.5) is 11.4 Å². The molecule has 6 rings (SSSR count). The van der Waals surface area contributed by atoms with Crippen LogP contribution in [0.1, 0.15) is 45.5 Å². The molecule has 0 saturated carbocycles. The van der Waals surface area contributed by atoms with E-state index in [2.05, 4.69) is 82.7 Å². The van der Waals surface area contributed by atoms with E-state index < -0.39 is 0 Å². The van der Waals surface area contributed by atoms with Gasteiger partial charge in [0, 0.05) is 74.2 Å². The number of nitrogens with zero attached hydrogens (tertiary/aromatic N) is 3. The Bertz CT molecular complexity index is 1580. The van der Waals surface area contributed by atoms with E-state index in [-0.39, 0.29) is 11.8 Å². The first kappa shape index (κ1) is 29.6. The molecule has 4 aromatic carbocycles. The van der Waals surface area contributed by atoms with Crippen LogP contribution in [0.5, 0.6) is 11.5 Å². The summed E-state index contributed by atoms with van der Waals surface area (Å²) in [5.41, 5.74) is 7.64. The molecule has 4 aromatic rings. The minimum atomic E-state index is -0.0666. The number of carbonyl (C=O) groups is 1. The predicted octanol–water partition coefficient (Wildman–Crippen LogP) is 6.25. The van der Waals surface area contributed by atoms with E-state index in [1.54, 1.807) is 14.2 Å². The molecule has 0 spiro atoms. The number of piperazine rings is 1. The number of carbonyl (C=O) groups excluding carboxylic acids is 1. The lowest BCUT2D eigenvalue weighted by Gasteiger charge is -2.36. The molecule has 1 N–H and O–H groups in total. The Morgan fingerprint density at radius 1 is 0.795 bits per heavy atom. The van der Waals surface area contributed by atoms with Crippen molar-refractivity contribution in [3.8, 4) is 11.5 Å². The van der Waals surface area contributed by atoms with Crippen LogP contribution in [0.2, 0.25) is 0 Å². The zero-order valence-electron chi connectivity index (χ0n) is 26.0. The Balaban J connectivity index is 1.29. The average Bonchev–Trinajstić information content (AvgIpc) is 3.41. The lowest BCUT2D eigenvalue weighted by Crippen LogP contribution is -2.46. The molecular weight excluding hydrogens is 548 g/mol. The number of ether oxygens (including phenoxy) is 2. The SMILES string of the molecule is CCN1CCN(c2cccc3c2CN(CC(c2cccc(NCc4ccccc4)c2)c2ccc(OC)c(OC)c2)C3=O)CC1. The third-order valence-corrected chi connectivity index (χ3v) is 9.02. The monoisotopic (exact) mass is 590 g/mol. The molecule has 2 aliphatic heterocycles. The first-order chi connectivity index (χ1) is 21.6. The minimum absolute atomic E-state index is 0.0666. The second-order valence-corrected chi connectivity index (χ2v) is 11.5. The van der Waals surface area contributed by atoms with Gasteiger partial charge < -0.3 is 29.5 Å². The summed E-state index contributed by atoms with van der Waals surface area (Å²) in [7, 11) is 3.31. The van der Waals surface area contributed by atoms with Gasteiger partial charge in [0.05, 0.1) is 14.2 Å². The summed E-state index contributed by atoms with van der Waals surface area (Å²) < 4.78 is 11.2. The summed E-state index contributed by atoms with van der Waals surface area (Å²) in [6.45, 7) is 9.25. The van der Waals surface area contributed by atoms with Crippen LogP contribution < -0.4 is 19.7 Å². The quantitative estimate of drug-likeness (QED) is 0.223. The van der Waals surface area contributed by atoms with Gasteiger partial charge in [0.15, 0.2) is 11.5 Å². The van der Waals surface area contributed by atoms with E-state index in [9.17, 15) is 4.79 Å². The summed E-state index contributed by atoms with van der Waals surface area (Å²) in [6.07, 6.45) is 0. The van der Waals surface area contributed by atoms with Crippen LogP contribution in [0.15, 0.2) is 91.0 Å². The van der Waals surface area contributed by atoms with E-state index in [1.807, 2.05) is 35.2 Å². The molecule has 1 amide bonds. The highest BCUT2D eigenvalue weighted by Crippen LogP contribution is 2.38. The van der Waals surface area contributed by atoms with Gasteiger partial charge in [-0.05, 0) is 59.6 Å². The Morgan fingerprint density at radius 2 is 1.55 bits per heavy atom. The number of anilines is 2. The summed E-state index contributed by atoms with van der Waals surface area (Å²) in [4.78, 5) is 20.9. The van der Waals surface area contributed by atoms with E-state index >= 15 is 0 Å². The number of amides is 1. The smallest absolute Gasteiger partial charge is 0.254 e. The first-order valence-electron chi connectivity index (χ1n) is 15.6. The highest BCUT2D eigenvalue weighted by molar-refractivity contribution is 6.00. The average molecular weight is 591 g/mol. The van der Waals surface area contributed by atoms with Crippen molar-refractivity contribution in [2.24, 2.45) is 0 Å². The van der Waals surface area contributed by atoms with Crippen LogP contribution in [0.3, 0.4) is 0 Å². The van der Waals surface area contributed by atoms with Gasteiger partial charge in [-0.25, -0.2) is 0 Å². The van der Waals surface area contributed by atoms with Gasteiger partial charge in [-0.1, -0.05) is 61.5 Å². The van der Waals surface area contributed by atoms with Gasteiger partial charge in [-0.3, -0.25) is 4.79 Å². The van der Waals surface area contributed by atoms with Crippen LogP contribution in [-0.4, -0.2) is 69.2 Å². The number of benzene rings is 4. The van der Waals surface area contributed by atoms with Crippen LogP contribution in [0.25, 0.3) is 0 Å². The normalized spacial score (nSPS) is 15.7. The Kier molecular flexibility index (Phi) is 9.03. The van der Waals surface area contributed by atoms with Crippen molar-refractivity contribution >= 4 is 17.3 Å². The van der Waals surface area contributed by atoms with Crippen molar-refractivity contribution < 1.29 is 14.3 Å². The molecule has 44 heavy (non-hydrogen) atoms. The summed E-state index contributed by atoms with van der Waals surface area (Å²) in [6, 6.07) is 31.2. The Morgan fingerprint density at radius 3 is 2.30 bits per heavy atom. The fourth-order valence-corrected chi connectivity index (χ4v) is 6.48. The molecule has 1 atom stereocenters. The number of nitrogens with one attached hydrogen (secondary N) is 1. The number of rotatable bonds is 11. The number of likely N-dealkylation sites (N-methyl/N-ethyl adjacent to an activating group) is 1. The van der Waals surface area contributed by atoms with Crippen LogP contribution >= 0.6 is 0 Å². The third-order valence-electron chi connectivity index (χ3n) is 9.02. The van der Waals surface area contributed by atoms with Crippen molar-refractivity contribution in [2.45, 2.75) is 25.9 Å². The second kappa shape index (κ2) is 13.4. The zero-order valence-corrected chi connectivity index (χ0v) is 26.0. The van der Waals surface area contributed by atoms with Crippen molar-refractivity contribution in [1.82, 2.24) is 9.80 Å². The topological polar surface area (TPSA) is 57.3 Å². The number of methoxy groups -OCH3 is 2. The predicted molar refractivity (Wildman–Crippen MR) is 177 cm³/mol. The first-order valence-corrected chi connectivity index (χ1v) is 15.6. The second-order valence-electron chi connectivity index (χ2n) is 11.5. The summed E-state index contributed by atoms with van der Waals surface area (Å²) in [5, 5.41) is 3.58. The fourth-order valence-electron chi connectivity index (χ4n) is 6.48. The van der Waals surface area contributed by atoms with E-state index in [1.165, 1.54) is 11.3 Å². The summed E-state index contributed by atoms with van der Waals surface area (Å²) >= 11 is 0. The molecule has 228 valence electrons. The van der Waals surface area contributed by atoms with Crippen molar-refractivity contribution in [3.63, 3.8) is 0 Å². The van der Waals surface area contributed by atoms with Gasteiger partial charge in [-0.2, -0.15) is 0 Å². The maximum Gasteiger partial charge on any atom is 0.254 e. The third kappa shape index (κ3) is 6.24. The highest BCUT2D eigenvalue weighted by atomic mass is 16.5. The fraction of sp³-hybridized carbons (Fsp3) is 0.324. The molecule has 0 radical (unpaired) electrons. The Labute approximate surface area is 261 Å². The molecule has 2 heterocycles. The van der Waals surface area contributed by atoms with Crippen molar-refractivity contribution in [3.05, 3.63) is 119 Å². The highest BCUT2D eigenvalue weighted by Gasteiger charge is 2.33. The van der Waals surface area contributed by atoms with Gasteiger partial charge in [0.25, 0.3) is 5.91 Å². The standard InChI is InChI=1S/C37H42N4O3/c1-4-39-18-20-40(21-19-39)34-15-9-14-31-33(34)26-41(37(31)42)25-32(29-16-17-35(43-2)36(23-29)44-3)28-12-8-13-30(22-28)38-24-27-10-6-5-7-11-27/h5-17,22-23,32,38H,4,18-21,24-26H2,1-3H3. The molecular formula is C37H42N4O3. The van der Waals surface area contributed by atoms with E-state index in [0.717, 1.165) is 67.2 Å². The number of hydrogen-bond acceptors (Lipinski definition) is 6. The van der Waals surface area contributed by atoms with Crippen LogP contribution in [-0.2, 0) is 13.1 Å². The van der Waals surface area contributed by atoms with Gasteiger partial charge >= 0.3 is 0 Å². The van der Waals surface area contributed by atoms with Gasteiger partial charge in [-0.15, -0.1) is 0 Å². The van der Waals surface area contributed by atoms with E-state index in [4.69, 9.17) is 9.47 Å². The largest absolute Gasteiger partial charge is 0.493 e. The van der Waals surface area contributed by atoms with Crippen molar-refractivity contribution in [2.75, 3.05) is 63.7 Å². The summed E-state index contributed by atoms with van der Waals surface area (Å²) in [5.74, 6) is 1.39. The molecule has 0 aliphatic carbocycles. The molecule has 7 heteroatoms. The van der Waals surface area contributed by atoms with Crippen molar-refractivity contribution in [1.29, 1.82) is 0 Å². The number of fused-ring (bicyclic) bond motifs is 1. The molecule has 1 unspecified atom stereocenters. The lowest BCUT2D eigenvalue weighted by atomic mass is 9.90. The maximum atomic E-state index is 13.9. The van der Waals surface area contributed by atoms with Gasteiger partial charge in [0.2, 0.25) is 0 Å². The maximum absolute atomic E-state index is 13.9. The minimum Gasteiger partial charge on any atom is -0.493 e. The molecule has 7 nitrogen and oxygen atoms in total. The van der Waals surface area contributed by atoms with Gasteiger partial charge in [0.1, 0.15) is 0 Å². The molecule has 0 bridgehead atoms. The lowest BCUT2D eigenvalue weighted by molar-refractivity contribution is 0.0773. The van der Waals surface area contributed by atoms with E-state index in [0.29, 0.717) is 24.6 Å². The Hall–Kier alpha value is -4.49. The van der Waals surface area contributed by atoms with Crippen LogP contribution in [0, 0.1) is 0 Å². The molecule has 1 fully saturated rings. The molecule has 2 aliphatic rings. The zero-order chi connectivity index (χ0) is 30.5. The molecule has 0 aromatic heterocycles. The number of hydrogen-bond donors (Lipinski definition) is 1. The molecule has 1 saturated heterocycles.